The standard InChI is InChI=1S/C15H19N3/c1-10-8-16-9-15(17-10)18-13-4-5-14(18)7-12(6-13)11-2-3-11/h8-9,13-14H,2-7H2,1H3. The Bertz CT molecular complexity index is 498. The topological polar surface area (TPSA) is 29.0 Å². The molecule has 3 heterocycles. The number of aryl methyl sites for hydroxylation is 1. The molecule has 1 aromatic heterocycles. The minimum atomic E-state index is 0.683. The van der Waals surface area contributed by atoms with E-state index in [-0.39, 0.29) is 0 Å². The third-order valence-electron chi connectivity index (χ3n) is 4.59. The summed E-state index contributed by atoms with van der Waals surface area (Å²) in [6.07, 6.45) is 11.7. The van der Waals surface area contributed by atoms with Crippen molar-refractivity contribution in [2.24, 2.45) is 0 Å². The van der Waals surface area contributed by atoms with E-state index in [0.717, 1.165) is 11.5 Å². The quantitative estimate of drug-likeness (QED) is 0.708. The fraction of sp³-hybridized carbons (Fsp3) is 0.600. The molecule has 18 heavy (non-hydrogen) atoms. The first-order valence-corrected chi connectivity index (χ1v) is 7.08. The number of aromatic nitrogens is 2. The fourth-order valence-electron chi connectivity index (χ4n) is 3.67. The van der Waals surface area contributed by atoms with Gasteiger partial charge in [0.25, 0.3) is 0 Å². The lowest BCUT2D eigenvalue weighted by atomic mass is 9.96. The second kappa shape index (κ2) is 3.81. The van der Waals surface area contributed by atoms with Crippen LogP contribution in [-0.2, 0) is 0 Å². The van der Waals surface area contributed by atoms with E-state index in [1.165, 1.54) is 38.5 Å². The molecule has 3 aliphatic rings. The maximum absolute atomic E-state index is 4.67. The van der Waals surface area contributed by atoms with Crippen LogP contribution in [-0.4, -0.2) is 22.1 Å². The lowest BCUT2D eigenvalue weighted by molar-refractivity contribution is 0.541. The summed E-state index contributed by atoms with van der Waals surface area (Å²) in [5.41, 5.74) is 4.57. The van der Waals surface area contributed by atoms with Gasteiger partial charge >= 0.3 is 0 Å². The summed E-state index contributed by atoms with van der Waals surface area (Å²) >= 11 is 0. The highest BCUT2D eigenvalue weighted by Gasteiger charge is 2.40. The van der Waals surface area contributed by atoms with Gasteiger partial charge in [0.05, 0.1) is 11.9 Å². The van der Waals surface area contributed by atoms with Gasteiger partial charge in [0.15, 0.2) is 0 Å². The van der Waals surface area contributed by atoms with Crippen LogP contribution in [0.2, 0.25) is 0 Å². The zero-order valence-corrected chi connectivity index (χ0v) is 10.9. The van der Waals surface area contributed by atoms with Crippen molar-refractivity contribution in [2.75, 3.05) is 4.90 Å². The van der Waals surface area contributed by atoms with Crippen molar-refractivity contribution >= 4 is 5.82 Å². The van der Waals surface area contributed by atoms with Crippen LogP contribution in [0.1, 0.15) is 44.2 Å². The third kappa shape index (κ3) is 1.64. The smallest absolute Gasteiger partial charge is 0.147 e. The van der Waals surface area contributed by atoms with E-state index in [4.69, 9.17) is 0 Å². The number of anilines is 1. The van der Waals surface area contributed by atoms with Crippen molar-refractivity contribution in [3.63, 3.8) is 0 Å². The normalized spacial score (nSPS) is 29.9. The molecule has 3 fully saturated rings. The first-order chi connectivity index (χ1) is 8.81. The summed E-state index contributed by atoms with van der Waals surface area (Å²) in [6.45, 7) is 2.03. The maximum atomic E-state index is 4.67. The van der Waals surface area contributed by atoms with Crippen LogP contribution in [0.25, 0.3) is 0 Å². The summed E-state index contributed by atoms with van der Waals surface area (Å²) in [4.78, 5) is 11.5. The van der Waals surface area contributed by atoms with Crippen LogP contribution >= 0.6 is 0 Å². The van der Waals surface area contributed by atoms with Gasteiger partial charge < -0.3 is 4.90 Å². The molecule has 0 radical (unpaired) electrons. The molecular weight excluding hydrogens is 222 g/mol. The molecule has 4 rings (SSSR count). The van der Waals surface area contributed by atoms with Crippen LogP contribution in [0.3, 0.4) is 0 Å². The van der Waals surface area contributed by atoms with Gasteiger partial charge in [0.2, 0.25) is 0 Å². The van der Waals surface area contributed by atoms with Gasteiger partial charge in [0.1, 0.15) is 5.82 Å². The number of allylic oxidation sites excluding steroid dienone is 1. The molecule has 0 spiro atoms. The van der Waals surface area contributed by atoms with E-state index in [2.05, 4.69) is 14.9 Å². The van der Waals surface area contributed by atoms with E-state index in [9.17, 15) is 0 Å². The number of piperidine rings is 1. The highest BCUT2D eigenvalue weighted by molar-refractivity contribution is 5.46. The Morgan fingerprint density at radius 1 is 1.06 bits per heavy atom. The highest BCUT2D eigenvalue weighted by atomic mass is 15.3. The minimum absolute atomic E-state index is 0.683. The van der Waals surface area contributed by atoms with Crippen molar-refractivity contribution in [2.45, 2.75) is 57.5 Å². The second-order valence-electron chi connectivity index (χ2n) is 5.93. The molecule has 0 amide bonds. The number of hydrogen-bond acceptors (Lipinski definition) is 3. The SMILES string of the molecule is Cc1cncc(N2C3CCC2CC(=C2CC2)C3)n1. The summed E-state index contributed by atoms with van der Waals surface area (Å²) in [5, 5.41) is 0. The number of fused-ring (bicyclic) bond motifs is 2. The van der Waals surface area contributed by atoms with Gasteiger partial charge in [-0.3, -0.25) is 4.98 Å². The van der Waals surface area contributed by atoms with Crippen LogP contribution in [0.5, 0.6) is 0 Å². The second-order valence-corrected chi connectivity index (χ2v) is 5.93. The molecule has 2 aliphatic heterocycles. The van der Waals surface area contributed by atoms with Crippen molar-refractivity contribution in [3.05, 3.63) is 29.2 Å². The molecule has 2 atom stereocenters. The van der Waals surface area contributed by atoms with Gasteiger partial charge in [-0.15, -0.1) is 0 Å². The fourth-order valence-corrected chi connectivity index (χ4v) is 3.67. The highest BCUT2D eigenvalue weighted by Crippen LogP contribution is 2.45. The first-order valence-electron chi connectivity index (χ1n) is 7.08. The zero-order valence-electron chi connectivity index (χ0n) is 10.9. The molecule has 3 heteroatoms. The van der Waals surface area contributed by atoms with Crippen molar-refractivity contribution < 1.29 is 0 Å². The van der Waals surface area contributed by atoms with E-state index in [1.807, 2.05) is 19.3 Å². The van der Waals surface area contributed by atoms with E-state index >= 15 is 0 Å². The minimum Gasteiger partial charge on any atom is -0.349 e. The van der Waals surface area contributed by atoms with E-state index in [1.54, 1.807) is 11.1 Å². The number of nitrogens with zero attached hydrogens (tertiary/aromatic N) is 3. The summed E-state index contributed by atoms with van der Waals surface area (Å²) in [6, 6.07) is 1.37. The van der Waals surface area contributed by atoms with Gasteiger partial charge in [-0.05, 0) is 45.4 Å². The Kier molecular flexibility index (Phi) is 2.23. The van der Waals surface area contributed by atoms with Gasteiger partial charge in [-0.1, -0.05) is 11.1 Å². The van der Waals surface area contributed by atoms with E-state index < -0.39 is 0 Å². The van der Waals surface area contributed by atoms with Gasteiger partial charge in [0, 0.05) is 18.3 Å². The van der Waals surface area contributed by atoms with Crippen LogP contribution in [0, 0.1) is 6.92 Å². The number of rotatable bonds is 1. The Balaban J connectivity index is 1.66. The molecule has 3 nitrogen and oxygen atoms in total. The lowest BCUT2D eigenvalue weighted by Crippen LogP contribution is -2.41. The average molecular weight is 241 g/mol. The average Bonchev–Trinajstić information content (AvgIpc) is 3.16. The Morgan fingerprint density at radius 2 is 1.78 bits per heavy atom. The summed E-state index contributed by atoms with van der Waals surface area (Å²) in [5.74, 6) is 1.10. The third-order valence-corrected chi connectivity index (χ3v) is 4.59. The molecule has 0 aromatic carbocycles. The van der Waals surface area contributed by atoms with Crippen LogP contribution < -0.4 is 4.90 Å². The van der Waals surface area contributed by atoms with Crippen molar-refractivity contribution in [3.8, 4) is 0 Å². The molecule has 1 aliphatic carbocycles. The molecule has 2 bridgehead atoms. The summed E-state index contributed by atoms with van der Waals surface area (Å²) < 4.78 is 0. The molecule has 2 saturated heterocycles. The number of hydrogen-bond donors (Lipinski definition) is 0. The molecule has 0 N–H and O–H groups in total. The predicted molar refractivity (Wildman–Crippen MR) is 71.6 cm³/mol. The zero-order chi connectivity index (χ0) is 12.1. The van der Waals surface area contributed by atoms with Crippen molar-refractivity contribution in [1.29, 1.82) is 0 Å². The molecular formula is C15H19N3. The lowest BCUT2D eigenvalue weighted by Gasteiger charge is -2.37. The molecule has 94 valence electrons. The molecule has 1 saturated carbocycles. The largest absolute Gasteiger partial charge is 0.349 e. The predicted octanol–water partition coefficient (Wildman–Crippen LogP) is 3.01. The Labute approximate surface area is 108 Å². The molecule has 1 aromatic rings. The monoisotopic (exact) mass is 241 g/mol. The Hall–Kier alpha value is -1.38. The van der Waals surface area contributed by atoms with Gasteiger partial charge in [-0.25, -0.2) is 4.98 Å². The first kappa shape index (κ1) is 10.5. The Morgan fingerprint density at radius 3 is 2.39 bits per heavy atom. The van der Waals surface area contributed by atoms with Gasteiger partial charge in [-0.2, -0.15) is 0 Å². The van der Waals surface area contributed by atoms with E-state index in [0.29, 0.717) is 12.1 Å². The van der Waals surface area contributed by atoms with Crippen LogP contribution in [0.4, 0.5) is 5.82 Å². The van der Waals surface area contributed by atoms with Crippen molar-refractivity contribution in [1.82, 2.24) is 9.97 Å². The maximum Gasteiger partial charge on any atom is 0.147 e. The van der Waals surface area contributed by atoms with Crippen LogP contribution in [0.15, 0.2) is 23.5 Å². The molecule has 2 unspecified atom stereocenters. The summed E-state index contributed by atoms with van der Waals surface area (Å²) in [7, 11) is 0.